The molecule has 4 atom stereocenters. The van der Waals surface area contributed by atoms with E-state index in [0.29, 0.717) is 0 Å². The number of carbonyl (C=O) groups is 6. The molecule has 12 heteroatoms. The Hall–Kier alpha value is -3.18. The van der Waals surface area contributed by atoms with Gasteiger partial charge in [-0.2, -0.15) is 0 Å². The molecule has 28 heavy (non-hydrogen) atoms. The molecule has 0 aliphatic carbocycles. The monoisotopic (exact) mass is 401 g/mol. The van der Waals surface area contributed by atoms with E-state index in [1.54, 1.807) is 0 Å². The van der Waals surface area contributed by atoms with Gasteiger partial charge in [-0.3, -0.25) is 28.8 Å². The minimum atomic E-state index is -1.22. The molecule has 0 saturated carbocycles. The van der Waals surface area contributed by atoms with E-state index in [1.807, 2.05) is 0 Å². The third kappa shape index (κ3) is 9.50. The number of amides is 5. The van der Waals surface area contributed by atoms with Crippen molar-refractivity contribution in [3.05, 3.63) is 0 Å². The van der Waals surface area contributed by atoms with Crippen LogP contribution < -0.4 is 26.6 Å². The second-order valence-corrected chi connectivity index (χ2v) is 6.23. The first kappa shape index (κ1) is 24.8. The first-order valence-electron chi connectivity index (χ1n) is 8.52. The molecule has 0 heterocycles. The average molecular weight is 401 g/mol. The molecular formula is C16H27N5O7. The maximum atomic E-state index is 12.0. The molecule has 0 aromatic rings. The highest BCUT2D eigenvalue weighted by atomic mass is 16.4. The third-order valence-corrected chi connectivity index (χ3v) is 3.49. The molecule has 6 N–H and O–H groups in total. The van der Waals surface area contributed by atoms with Gasteiger partial charge in [0.15, 0.2) is 0 Å². The second-order valence-electron chi connectivity index (χ2n) is 6.23. The molecule has 0 saturated heterocycles. The highest BCUT2D eigenvalue weighted by Gasteiger charge is 2.23. The van der Waals surface area contributed by atoms with Crippen LogP contribution in [0.15, 0.2) is 0 Å². The van der Waals surface area contributed by atoms with Gasteiger partial charge in [0, 0.05) is 6.92 Å². The van der Waals surface area contributed by atoms with Gasteiger partial charge in [0.2, 0.25) is 29.5 Å². The van der Waals surface area contributed by atoms with E-state index in [4.69, 9.17) is 5.11 Å². The number of hydrogen-bond donors (Lipinski definition) is 6. The van der Waals surface area contributed by atoms with Gasteiger partial charge in [-0.25, -0.2) is 0 Å². The second kappa shape index (κ2) is 11.5. The van der Waals surface area contributed by atoms with Gasteiger partial charge in [0.1, 0.15) is 24.2 Å². The Bertz CT molecular complexity index is 637. The Labute approximate surface area is 162 Å². The molecular weight excluding hydrogens is 374 g/mol. The lowest BCUT2D eigenvalue weighted by Gasteiger charge is -2.19. The van der Waals surface area contributed by atoms with Crippen LogP contribution in [0.3, 0.4) is 0 Å². The van der Waals surface area contributed by atoms with Crippen molar-refractivity contribution in [2.24, 2.45) is 0 Å². The van der Waals surface area contributed by atoms with Crippen molar-refractivity contribution in [3.63, 3.8) is 0 Å². The van der Waals surface area contributed by atoms with Crippen LogP contribution in [0.1, 0.15) is 34.6 Å². The van der Waals surface area contributed by atoms with Crippen LogP contribution in [0.5, 0.6) is 0 Å². The molecule has 158 valence electrons. The highest BCUT2D eigenvalue weighted by molar-refractivity contribution is 5.94. The number of carbonyl (C=O) groups excluding carboxylic acids is 5. The maximum Gasteiger partial charge on any atom is 0.325 e. The van der Waals surface area contributed by atoms with Crippen LogP contribution in [0.25, 0.3) is 0 Å². The van der Waals surface area contributed by atoms with Crippen LogP contribution in [-0.4, -0.2) is 71.3 Å². The molecule has 0 spiro atoms. The highest BCUT2D eigenvalue weighted by Crippen LogP contribution is 1.90. The van der Waals surface area contributed by atoms with Gasteiger partial charge in [-0.15, -0.1) is 0 Å². The van der Waals surface area contributed by atoms with E-state index in [1.165, 1.54) is 34.6 Å². The minimum Gasteiger partial charge on any atom is -0.480 e. The topological polar surface area (TPSA) is 183 Å². The molecule has 12 nitrogen and oxygen atoms in total. The van der Waals surface area contributed by atoms with E-state index in [9.17, 15) is 28.8 Å². The number of carboxylic acids is 1. The number of hydrogen-bond acceptors (Lipinski definition) is 6. The summed E-state index contributed by atoms with van der Waals surface area (Å²) in [5, 5.41) is 20.3. The van der Waals surface area contributed by atoms with Gasteiger partial charge >= 0.3 is 5.97 Å². The standard InChI is InChI=1S/C16H27N5O7/c1-7(18-11(5)22)13(24)17-6-12(23)19-8(2)14(25)20-9(3)15(26)21-10(4)16(27)28/h7-10H,6H2,1-5H3,(H,17,24)(H,18,22)(H,19,23)(H,20,25)(H,21,26)(H,27,28). The zero-order valence-corrected chi connectivity index (χ0v) is 16.4. The molecule has 0 aliphatic heterocycles. The summed E-state index contributed by atoms with van der Waals surface area (Å²) in [7, 11) is 0. The Kier molecular flexibility index (Phi) is 10.2. The molecule has 0 radical (unpaired) electrons. The van der Waals surface area contributed by atoms with Gasteiger partial charge in [-0.05, 0) is 27.7 Å². The summed E-state index contributed by atoms with van der Waals surface area (Å²) in [6, 6.07) is -3.97. The number of aliphatic carboxylic acids is 1. The third-order valence-electron chi connectivity index (χ3n) is 3.49. The van der Waals surface area contributed by atoms with Gasteiger partial charge < -0.3 is 31.7 Å². The summed E-state index contributed by atoms with van der Waals surface area (Å²) < 4.78 is 0. The van der Waals surface area contributed by atoms with Crippen molar-refractivity contribution in [3.8, 4) is 0 Å². The molecule has 0 aliphatic rings. The van der Waals surface area contributed by atoms with Gasteiger partial charge in [0.05, 0.1) is 6.54 Å². The lowest BCUT2D eigenvalue weighted by Crippen LogP contribution is -2.54. The normalized spacial score (nSPS) is 14.5. The van der Waals surface area contributed by atoms with Crippen LogP contribution in [0.2, 0.25) is 0 Å². The van der Waals surface area contributed by atoms with Crippen LogP contribution >= 0.6 is 0 Å². The molecule has 5 amide bonds. The Balaban J connectivity index is 4.40. The Morgan fingerprint density at radius 2 is 1.11 bits per heavy atom. The Morgan fingerprint density at radius 3 is 1.57 bits per heavy atom. The quantitative estimate of drug-likeness (QED) is 0.229. The fourth-order valence-corrected chi connectivity index (χ4v) is 1.85. The summed E-state index contributed by atoms with van der Waals surface area (Å²) in [5.41, 5.74) is 0. The molecule has 0 rings (SSSR count). The first-order chi connectivity index (χ1) is 12.8. The van der Waals surface area contributed by atoms with E-state index < -0.39 is 66.2 Å². The van der Waals surface area contributed by atoms with Crippen molar-refractivity contribution < 1.29 is 33.9 Å². The molecule has 4 unspecified atom stereocenters. The van der Waals surface area contributed by atoms with Crippen molar-refractivity contribution in [1.82, 2.24) is 26.6 Å². The van der Waals surface area contributed by atoms with E-state index >= 15 is 0 Å². The zero-order valence-electron chi connectivity index (χ0n) is 16.4. The lowest BCUT2D eigenvalue weighted by atomic mass is 10.2. The number of carboxylic acid groups (broad SMARTS) is 1. The summed E-state index contributed by atoms with van der Waals surface area (Å²) in [6.45, 7) is 6.30. The number of nitrogens with one attached hydrogen (secondary N) is 5. The van der Waals surface area contributed by atoms with Crippen molar-refractivity contribution >= 4 is 35.5 Å². The average Bonchev–Trinajstić information content (AvgIpc) is 2.58. The molecule has 0 bridgehead atoms. The predicted octanol–water partition coefficient (Wildman–Crippen LogP) is -2.77. The first-order valence-corrected chi connectivity index (χ1v) is 8.52. The predicted molar refractivity (Wildman–Crippen MR) is 96.7 cm³/mol. The van der Waals surface area contributed by atoms with Crippen LogP contribution in [-0.2, 0) is 28.8 Å². The maximum absolute atomic E-state index is 12.0. The summed E-state index contributed by atoms with van der Waals surface area (Å²) >= 11 is 0. The fourth-order valence-electron chi connectivity index (χ4n) is 1.85. The van der Waals surface area contributed by atoms with Crippen molar-refractivity contribution in [2.45, 2.75) is 58.8 Å². The van der Waals surface area contributed by atoms with Crippen LogP contribution in [0, 0.1) is 0 Å². The number of rotatable bonds is 10. The zero-order chi connectivity index (χ0) is 22.0. The van der Waals surface area contributed by atoms with Gasteiger partial charge in [-0.1, -0.05) is 0 Å². The largest absolute Gasteiger partial charge is 0.480 e. The van der Waals surface area contributed by atoms with E-state index in [-0.39, 0.29) is 0 Å². The summed E-state index contributed by atoms with van der Waals surface area (Å²) in [6.07, 6.45) is 0. The summed E-state index contributed by atoms with van der Waals surface area (Å²) in [5.74, 6) is -4.20. The van der Waals surface area contributed by atoms with E-state index in [2.05, 4.69) is 26.6 Å². The fraction of sp³-hybridized carbons (Fsp3) is 0.625. The molecule has 0 aromatic carbocycles. The minimum absolute atomic E-state index is 0.395. The van der Waals surface area contributed by atoms with Crippen LogP contribution in [0.4, 0.5) is 0 Å². The van der Waals surface area contributed by atoms with Crippen molar-refractivity contribution in [1.29, 1.82) is 0 Å². The molecule has 0 fully saturated rings. The van der Waals surface area contributed by atoms with E-state index in [0.717, 1.165) is 0 Å². The Morgan fingerprint density at radius 1 is 0.679 bits per heavy atom. The molecule has 0 aromatic heterocycles. The smallest absolute Gasteiger partial charge is 0.325 e. The van der Waals surface area contributed by atoms with Crippen molar-refractivity contribution in [2.75, 3.05) is 6.54 Å². The summed E-state index contributed by atoms with van der Waals surface area (Å²) in [4.78, 5) is 68.9. The SMILES string of the molecule is CC(=O)NC(C)C(=O)NCC(=O)NC(C)C(=O)NC(C)C(=O)NC(C)C(=O)O. The lowest BCUT2D eigenvalue weighted by molar-refractivity contribution is -0.141. The van der Waals surface area contributed by atoms with Gasteiger partial charge in [0.25, 0.3) is 0 Å².